The number of benzene rings is 3. The summed E-state index contributed by atoms with van der Waals surface area (Å²) in [5, 5.41) is 8.07. The molecular weight excluding hydrogens is 502 g/mol. The summed E-state index contributed by atoms with van der Waals surface area (Å²) in [5.74, 6) is 1.73. The molecule has 5 N–H and O–H groups in total. The summed E-state index contributed by atoms with van der Waals surface area (Å²) in [6.45, 7) is 2.98. The van der Waals surface area contributed by atoms with Crippen LogP contribution in [0.1, 0.15) is 22.5 Å². The van der Waals surface area contributed by atoms with Gasteiger partial charge >= 0.3 is 6.01 Å². The van der Waals surface area contributed by atoms with Crippen molar-refractivity contribution in [2.24, 2.45) is 11.5 Å². The van der Waals surface area contributed by atoms with Crippen LogP contribution in [-0.2, 0) is 13.0 Å². The first-order valence-corrected chi connectivity index (χ1v) is 12.4. The van der Waals surface area contributed by atoms with Crippen LogP contribution in [0.25, 0.3) is 11.2 Å². The van der Waals surface area contributed by atoms with Crippen LogP contribution in [0.4, 0.5) is 0 Å². The van der Waals surface area contributed by atoms with Gasteiger partial charge in [-0.2, -0.15) is 9.97 Å². The van der Waals surface area contributed by atoms with E-state index >= 15 is 0 Å². The molecule has 0 amide bonds. The van der Waals surface area contributed by atoms with Crippen molar-refractivity contribution >= 4 is 28.6 Å². The van der Waals surface area contributed by atoms with Gasteiger partial charge in [0.15, 0.2) is 11.2 Å². The fourth-order valence-electron chi connectivity index (χ4n) is 4.03. The maximum Gasteiger partial charge on any atom is 0.327 e. The molecule has 0 unspecified atom stereocenters. The van der Waals surface area contributed by atoms with Crippen LogP contribution in [0.2, 0.25) is 5.02 Å². The van der Waals surface area contributed by atoms with Crippen LogP contribution in [-0.4, -0.2) is 31.9 Å². The summed E-state index contributed by atoms with van der Waals surface area (Å²) < 4.78 is 14.2. The number of nitrogens with zero attached hydrogens (tertiary/aromatic N) is 4. The van der Waals surface area contributed by atoms with E-state index in [9.17, 15) is 0 Å². The average molecular weight is 528 g/mol. The molecule has 0 bridgehead atoms. The number of hydrogen-bond acceptors (Lipinski definition) is 7. The Morgan fingerprint density at radius 2 is 1.74 bits per heavy atom. The highest BCUT2D eigenvalue weighted by atomic mass is 35.5. The molecule has 0 atom stereocenters. The molecule has 5 rings (SSSR count). The van der Waals surface area contributed by atoms with Crippen LogP contribution in [0.3, 0.4) is 0 Å². The third kappa shape index (κ3) is 5.44. The zero-order valence-corrected chi connectivity index (χ0v) is 21.4. The first-order valence-electron chi connectivity index (χ1n) is 12.0. The number of fused-ring (bicyclic) bond motifs is 1. The van der Waals surface area contributed by atoms with Crippen LogP contribution in [0, 0.1) is 12.3 Å². The van der Waals surface area contributed by atoms with E-state index in [1.54, 1.807) is 18.2 Å². The minimum absolute atomic E-state index is 0.0161. The third-order valence-electron chi connectivity index (χ3n) is 5.91. The largest absolute Gasteiger partial charge is 0.437 e. The summed E-state index contributed by atoms with van der Waals surface area (Å²) >= 11 is 6.38. The molecule has 0 saturated heterocycles. The van der Waals surface area contributed by atoms with Crippen molar-refractivity contribution in [1.29, 1.82) is 5.41 Å². The topological polar surface area (TPSA) is 138 Å². The number of nitrogens with two attached hydrogens (primary N) is 2. The SMILES string of the molecule is Cc1nc2c(Oc3cccc(CCN)c3)nc(Oc3cc(C(=N)N)ccc3Cl)nc2n1Cc1ccccc1. The Hall–Kier alpha value is -4.47. The third-order valence-corrected chi connectivity index (χ3v) is 6.22. The van der Waals surface area contributed by atoms with E-state index < -0.39 is 0 Å². The predicted octanol–water partition coefficient (Wildman–Crippen LogP) is 5.21. The second kappa shape index (κ2) is 10.9. The van der Waals surface area contributed by atoms with E-state index in [0.717, 1.165) is 23.4 Å². The second-order valence-electron chi connectivity index (χ2n) is 8.66. The minimum atomic E-state index is -0.110. The predicted molar refractivity (Wildman–Crippen MR) is 147 cm³/mol. The highest BCUT2D eigenvalue weighted by molar-refractivity contribution is 6.32. The van der Waals surface area contributed by atoms with Gasteiger partial charge in [-0.05, 0) is 61.3 Å². The van der Waals surface area contributed by atoms with Gasteiger partial charge in [0.1, 0.15) is 23.2 Å². The number of nitrogen functional groups attached to an aromatic ring is 1. The number of imidazole rings is 1. The number of rotatable bonds is 9. The Balaban J connectivity index is 1.61. The van der Waals surface area contributed by atoms with E-state index in [1.165, 1.54) is 0 Å². The average Bonchev–Trinajstić information content (AvgIpc) is 3.21. The number of ether oxygens (including phenoxy) is 2. The Morgan fingerprint density at radius 3 is 2.50 bits per heavy atom. The highest BCUT2D eigenvalue weighted by Gasteiger charge is 2.20. The van der Waals surface area contributed by atoms with Crippen LogP contribution in [0.5, 0.6) is 23.4 Å². The molecule has 2 aromatic heterocycles. The molecule has 0 aliphatic carbocycles. The number of aromatic nitrogens is 4. The van der Waals surface area contributed by atoms with Gasteiger partial charge in [-0.15, -0.1) is 0 Å². The number of halogens is 1. The minimum Gasteiger partial charge on any atom is -0.437 e. The van der Waals surface area contributed by atoms with Gasteiger partial charge in [-0.1, -0.05) is 54.1 Å². The standard InChI is InChI=1S/C28H26ClN7O2/c1-17-33-24-26(36(17)16-19-6-3-2-4-7-19)34-28(38-23-15-20(25(31)32)10-11-22(23)29)35-27(24)37-21-9-5-8-18(14-21)12-13-30/h2-11,14-15H,12-13,16,30H2,1H3,(H3,31,32). The molecule has 5 aromatic rings. The summed E-state index contributed by atoms with van der Waals surface area (Å²) in [5.41, 5.74) is 15.0. The molecule has 0 fully saturated rings. The van der Waals surface area contributed by atoms with Crippen molar-refractivity contribution in [2.45, 2.75) is 19.9 Å². The lowest BCUT2D eigenvalue weighted by Gasteiger charge is -2.12. The highest BCUT2D eigenvalue weighted by Crippen LogP contribution is 2.34. The molecule has 3 aromatic carbocycles. The van der Waals surface area contributed by atoms with Gasteiger partial charge in [0.2, 0.25) is 0 Å². The smallest absolute Gasteiger partial charge is 0.327 e. The molecule has 2 heterocycles. The van der Waals surface area contributed by atoms with Crippen molar-refractivity contribution in [3.8, 4) is 23.4 Å². The Bertz CT molecular complexity index is 1620. The number of nitrogens with one attached hydrogen (secondary N) is 1. The number of amidine groups is 1. The first-order chi connectivity index (χ1) is 18.4. The van der Waals surface area contributed by atoms with Crippen LogP contribution < -0.4 is 20.9 Å². The van der Waals surface area contributed by atoms with Crippen molar-refractivity contribution < 1.29 is 9.47 Å². The maximum atomic E-state index is 7.74. The molecule has 38 heavy (non-hydrogen) atoms. The fourth-order valence-corrected chi connectivity index (χ4v) is 4.18. The lowest BCUT2D eigenvalue weighted by atomic mass is 10.1. The summed E-state index contributed by atoms with van der Waals surface area (Å²) in [7, 11) is 0. The molecule has 9 nitrogen and oxygen atoms in total. The Morgan fingerprint density at radius 1 is 0.947 bits per heavy atom. The molecular formula is C28H26ClN7O2. The van der Waals surface area contributed by atoms with Crippen molar-refractivity contribution in [3.05, 3.63) is 100 Å². The maximum absolute atomic E-state index is 7.74. The normalized spacial score (nSPS) is 11.0. The molecule has 0 saturated carbocycles. The Kier molecular flexibility index (Phi) is 7.21. The van der Waals surface area contributed by atoms with E-state index in [0.29, 0.717) is 40.6 Å². The van der Waals surface area contributed by atoms with Crippen LogP contribution >= 0.6 is 11.6 Å². The summed E-state index contributed by atoms with van der Waals surface area (Å²) in [6, 6.07) is 22.5. The van der Waals surface area contributed by atoms with Gasteiger partial charge in [-0.25, -0.2) is 4.98 Å². The van der Waals surface area contributed by atoms with Gasteiger partial charge in [0.05, 0.1) is 11.6 Å². The molecule has 10 heteroatoms. The van der Waals surface area contributed by atoms with E-state index in [1.807, 2.05) is 66.1 Å². The monoisotopic (exact) mass is 527 g/mol. The molecule has 0 radical (unpaired) electrons. The zero-order chi connectivity index (χ0) is 26.6. The van der Waals surface area contributed by atoms with Gasteiger partial charge in [0, 0.05) is 5.56 Å². The lowest BCUT2D eigenvalue weighted by Crippen LogP contribution is -2.11. The number of aryl methyl sites for hydroxylation is 1. The quantitative estimate of drug-likeness (QED) is 0.177. The number of hydrogen-bond donors (Lipinski definition) is 3. The summed E-state index contributed by atoms with van der Waals surface area (Å²) in [6.07, 6.45) is 0.723. The van der Waals surface area contributed by atoms with Crippen molar-refractivity contribution in [3.63, 3.8) is 0 Å². The first kappa shape index (κ1) is 25.2. The molecule has 0 spiro atoms. The van der Waals surface area contributed by atoms with Gasteiger partial charge in [0.25, 0.3) is 5.88 Å². The van der Waals surface area contributed by atoms with E-state index in [2.05, 4.69) is 9.97 Å². The van der Waals surface area contributed by atoms with Crippen LogP contribution in [0.15, 0.2) is 72.8 Å². The Labute approximate surface area is 224 Å². The van der Waals surface area contributed by atoms with E-state index in [4.69, 9.17) is 42.9 Å². The second-order valence-corrected chi connectivity index (χ2v) is 9.07. The van der Waals surface area contributed by atoms with Crippen molar-refractivity contribution in [2.75, 3.05) is 6.54 Å². The lowest BCUT2D eigenvalue weighted by molar-refractivity contribution is 0.416. The van der Waals surface area contributed by atoms with Gasteiger partial charge < -0.3 is 25.5 Å². The van der Waals surface area contributed by atoms with E-state index in [-0.39, 0.29) is 23.5 Å². The van der Waals surface area contributed by atoms with Gasteiger partial charge in [-0.3, -0.25) is 5.41 Å². The molecule has 0 aliphatic heterocycles. The molecule has 0 aliphatic rings. The molecule has 192 valence electrons. The zero-order valence-electron chi connectivity index (χ0n) is 20.7. The summed E-state index contributed by atoms with van der Waals surface area (Å²) in [4.78, 5) is 14.0. The fraction of sp³-hybridized carbons (Fsp3) is 0.143. The van der Waals surface area contributed by atoms with Crippen molar-refractivity contribution in [1.82, 2.24) is 19.5 Å².